The molecule has 1 saturated heterocycles. The zero-order valence-electron chi connectivity index (χ0n) is 15.3. The molecule has 2 atom stereocenters. The van der Waals surface area contributed by atoms with Gasteiger partial charge in [-0.1, -0.05) is 6.07 Å². The number of ketones is 1. The molecule has 0 aliphatic carbocycles. The van der Waals surface area contributed by atoms with Crippen LogP contribution in [0.4, 0.5) is 5.69 Å². The molecule has 2 aromatic rings. The molecule has 7 nitrogen and oxygen atoms in total. The molecule has 3 N–H and O–H groups in total. The van der Waals surface area contributed by atoms with Crippen LogP contribution in [-0.2, 0) is 11.2 Å². The summed E-state index contributed by atoms with van der Waals surface area (Å²) in [7, 11) is 0. The van der Waals surface area contributed by atoms with Crippen molar-refractivity contribution in [1.82, 2.24) is 5.32 Å². The van der Waals surface area contributed by atoms with Gasteiger partial charge < -0.3 is 25.2 Å². The molecule has 2 aromatic carbocycles. The lowest BCUT2D eigenvalue weighted by atomic mass is 10.0. The van der Waals surface area contributed by atoms with Crippen LogP contribution in [0, 0.1) is 0 Å². The molecule has 0 radical (unpaired) electrons. The van der Waals surface area contributed by atoms with Crippen molar-refractivity contribution in [3.05, 3.63) is 47.5 Å². The van der Waals surface area contributed by atoms with Crippen molar-refractivity contribution < 1.29 is 24.2 Å². The highest BCUT2D eigenvalue weighted by Gasteiger charge is 2.29. The molecule has 146 valence electrons. The van der Waals surface area contributed by atoms with Crippen molar-refractivity contribution in [3.8, 4) is 17.2 Å². The Hall–Kier alpha value is -3.06. The minimum atomic E-state index is -0.254. The van der Waals surface area contributed by atoms with Crippen LogP contribution in [0.3, 0.4) is 0 Å². The Labute approximate surface area is 162 Å². The maximum Gasteiger partial charge on any atom is 0.231 e. The molecular formula is C21H22N2O5. The number of nitrogens with one attached hydrogen (secondary N) is 2. The number of rotatable bonds is 7. The molecule has 0 spiro atoms. The second kappa shape index (κ2) is 7.90. The van der Waals surface area contributed by atoms with Crippen molar-refractivity contribution in [2.45, 2.75) is 37.8 Å². The first-order valence-corrected chi connectivity index (χ1v) is 9.36. The first kappa shape index (κ1) is 18.3. The number of aryl methyl sites for hydroxylation is 1. The monoisotopic (exact) mass is 382 g/mol. The van der Waals surface area contributed by atoms with Crippen LogP contribution >= 0.6 is 0 Å². The van der Waals surface area contributed by atoms with Gasteiger partial charge in [-0.05, 0) is 61.6 Å². The van der Waals surface area contributed by atoms with Crippen molar-refractivity contribution >= 4 is 17.9 Å². The molecule has 1 fully saturated rings. The minimum Gasteiger partial charge on any atom is -0.506 e. The average Bonchev–Trinajstić information content (AvgIpc) is 3.36. The van der Waals surface area contributed by atoms with E-state index in [1.54, 1.807) is 6.07 Å². The number of carbonyl (C=O) groups is 2. The molecule has 0 saturated carbocycles. The summed E-state index contributed by atoms with van der Waals surface area (Å²) in [5, 5.41) is 15.6. The number of fused-ring (bicyclic) bond motifs is 1. The van der Waals surface area contributed by atoms with Crippen LogP contribution in [0.25, 0.3) is 0 Å². The predicted molar refractivity (Wildman–Crippen MR) is 103 cm³/mol. The molecule has 2 heterocycles. The predicted octanol–water partition coefficient (Wildman–Crippen LogP) is 2.63. The highest BCUT2D eigenvalue weighted by Crippen LogP contribution is 2.33. The number of phenols is 1. The van der Waals surface area contributed by atoms with Crippen molar-refractivity contribution in [1.29, 1.82) is 0 Å². The number of hydrogen-bond acceptors (Lipinski definition) is 6. The third kappa shape index (κ3) is 3.80. The molecule has 28 heavy (non-hydrogen) atoms. The Kier molecular flexibility index (Phi) is 5.16. The van der Waals surface area contributed by atoms with E-state index in [9.17, 15) is 14.7 Å². The van der Waals surface area contributed by atoms with Gasteiger partial charge in [0.15, 0.2) is 17.3 Å². The van der Waals surface area contributed by atoms with Gasteiger partial charge >= 0.3 is 0 Å². The van der Waals surface area contributed by atoms with E-state index in [0.717, 1.165) is 37.2 Å². The average molecular weight is 382 g/mol. The molecule has 2 aliphatic rings. The molecule has 2 aliphatic heterocycles. The van der Waals surface area contributed by atoms with Gasteiger partial charge in [0, 0.05) is 11.6 Å². The maximum atomic E-state index is 12.8. The van der Waals surface area contributed by atoms with E-state index < -0.39 is 0 Å². The Morgan fingerprint density at radius 2 is 2.04 bits per heavy atom. The molecular weight excluding hydrogens is 360 g/mol. The summed E-state index contributed by atoms with van der Waals surface area (Å²) in [6.45, 7) is 0.272. The minimum absolute atomic E-state index is 0.0282. The van der Waals surface area contributed by atoms with Gasteiger partial charge in [-0.2, -0.15) is 0 Å². The number of ether oxygens (including phenoxy) is 2. The van der Waals surface area contributed by atoms with Crippen LogP contribution in [0.1, 0.15) is 35.2 Å². The fourth-order valence-corrected chi connectivity index (χ4v) is 3.76. The SMILES string of the molecule is O=CNc1cc(C(=O)C2CCC(CCc3ccc4c(c3)OCO4)N2)ccc1O. The standard InChI is InChI=1S/C21H22N2O5/c24-11-22-17-10-14(3-7-18(17)25)21(26)16-6-5-15(23-16)4-1-13-2-8-19-20(9-13)28-12-27-19/h2-3,7-11,15-16,23,25H,1,4-6,12H2,(H,22,24). The Balaban J connectivity index is 1.34. The van der Waals surface area contributed by atoms with Crippen LogP contribution < -0.4 is 20.1 Å². The molecule has 4 rings (SSSR count). The smallest absolute Gasteiger partial charge is 0.231 e. The number of anilines is 1. The van der Waals surface area contributed by atoms with E-state index in [1.165, 1.54) is 17.7 Å². The quantitative estimate of drug-likeness (QED) is 0.387. The number of phenolic OH excluding ortho intramolecular Hbond substituents is 1. The van der Waals surface area contributed by atoms with Crippen LogP contribution in [0.5, 0.6) is 17.2 Å². The Bertz CT molecular complexity index is 898. The summed E-state index contributed by atoms with van der Waals surface area (Å²) >= 11 is 0. The molecule has 7 heteroatoms. The summed E-state index contributed by atoms with van der Waals surface area (Å²) in [5.74, 6) is 1.48. The molecule has 0 bridgehead atoms. The van der Waals surface area contributed by atoms with E-state index in [0.29, 0.717) is 12.0 Å². The van der Waals surface area contributed by atoms with Crippen LogP contribution in [0.2, 0.25) is 0 Å². The number of carbonyl (C=O) groups excluding carboxylic acids is 2. The molecule has 2 unspecified atom stereocenters. The molecule has 0 aromatic heterocycles. The van der Waals surface area contributed by atoms with Crippen molar-refractivity contribution in [2.24, 2.45) is 0 Å². The third-order valence-electron chi connectivity index (χ3n) is 5.27. The lowest BCUT2D eigenvalue weighted by Crippen LogP contribution is -2.35. The zero-order chi connectivity index (χ0) is 19.5. The maximum absolute atomic E-state index is 12.8. The number of Topliss-reactive ketones (excluding diaryl/α,β-unsaturated/α-hetero) is 1. The van der Waals surface area contributed by atoms with Crippen molar-refractivity contribution in [2.75, 3.05) is 12.1 Å². The summed E-state index contributed by atoms with van der Waals surface area (Å²) in [4.78, 5) is 23.4. The number of amides is 1. The van der Waals surface area contributed by atoms with Gasteiger partial charge in [0.05, 0.1) is 11.7 Å². The van der Waals surface area contributed by atoms with E-state index in [2.05, 4.69) is 10.6 Å². The Morgan fingerprint density at radius 1 is 1.18 bits per heavy atom. The van der Waals surface area contributed by atoms with Gasteiger partial charge in [0.2, 0.25) is 13.2 Å². The van der Waals surface area contributed by atoms with Crippen molar-refractivity contribution in [3.63, 3.8) is 0 Å². The fraction of sp³-hybridized carbons (Fsp3) is 0.333. The van der Waals surface area contributed by atoms with E-state index in [1.807, 2.05) is 18.2 Å². The first-order chi connectivity index (χ1) is 13.6. The largest absolute Gasteiger partial charge is 0.506 e. The lowest BCUT2D eigenvalue weighted by molar-refractivity contribution is -0.105. The van der Waals surface area contributed by atoms with Crippen LogP contribution in [-0.4, -0.2) is 36.2 Å². The van der Waals surface area contributed by atoms with Gasteiger partial charge in [0.25, 0.3) is 0 Å². The summed E-state index contributed by atoms with van der Waals surface area (Å²) < 4.78 is 10.7. The second-order valence-corrected chi connectivity index (χ2v) is 7.08. The first-order valence-electron chi connectivity index (χ1n) is 9.36. The fourth-order valence-electron chi connectivity index (χ4n) is 3.76. The number of hydrogen-bond donors (Lipinski definition) is 3. The van der Waals surface area contributed by atoms with Gasteiger partial charge in [0.1, 0.15) is 5.75 Å². The van der Waals surface area contributed by atoms with Gasteiger partial charge in [-0.15, -0.1) is 0 Å². The molecule has 1 amide bonds. The third-order valence-corrected chi connectivity index (χ3v) is 5.27. The zero-order valence-corrected chi connectivity index (χ0v) is 15.3. The highest BCUT2D eigenvalue weighted by molar-refractivity contribution is 6.01. The van der Waals surface area contributed by atoms with E-state index >= 15 is 0 Å². The Morgan fingerprint density at radius 3 is 2.89 bits per heavy atom. The summed E-state index contributed by atoms with van der Waals surface area (Å²) in [6.07, 6.45) is 3.99. The number of aromatic hydroxyl groups is 1. The lowest BCUT2D eigenvalue weighted by Gasteiger charge is -2.14. The van der Waals surface area contributed by atoms with E-state index in [-0.39, 0.29) is 36.1 Å². The van der Waals surface area contributed by atoms with Crippen LogP contribution in [0.15, 0.2) is 36.4 Å². The van der Waals surface area contributed by atoms with Gasteiger partial charge in [-0.25, -0.2) is 0 Å². The second-order valence-electron chi connectivity index (χ2n) is 7.08. The van der Waals surface area contributed by atoms with E-state index in [4.69, 9.17) is 9.47 Å². The summed E-state index contributed by atoms with van der Waals surface area (Å²) in [5.41, 5.74) is 1.89. The number of benzene rings is 2. The van der Waals surface area contributed by atoms with Gasteiger partial charge in [-0.3, -0.25) is 9.59 Å². The summed E-state index contributed by atoms with van der Waals surface area (Å²) in [6, 6.07) is 10.5. The topological polar surface area (TPSA) is 96.9 Å². The highest BCUT2D eigenvalue weighted by atomic mass is 16.7. The normalized spacial score (nSPS) is 20.1.